The van der Waals surface area contributed by atoms with Gasteiger partial charge in [0.15, 0.2) is 0 Å². The van der Waals surface area contributed by atoms with Crippen LogP contribution in [0.15, 0.2) is 42.6 Å². The van der Waals surface area contributed by atoms with Gasteiger partial charge < -0.3 is 5.32 Å². The maximum Gasteiger partial charge on any atom is 0.267 e. The number of carbonyl (C=O) groups is 1. The van der Waals surface area contributed by atoms with Crippen molar-refractivity contribution in [2.24, 2.45) is 0 Å². The van der Waals surface area contributed by atoms with Gasteiger partial charge in [-0.1, -0.05) is 35.3 Å². The molecular weight excluding hydrogens is 399 g/mol. The summed E-state index contributed by atoms with van der Waals surface area (Å²) in [5, 5.41) is 13.2. The van der Waals surface area contributed by atoms with Crippen molar-refractivity contribution in [2.45, 2.75) is 25.4 Å². The van der Waals surface area contributed by atoms with Crippen molar-refractivity contribution in [2.75, 3.05) is 18.4 Å². The second kappa shape index (κ2) is 9.89. The van der Waals surface area contributed by atoms with Gasteiger partial charge in [-0.3, -0.25) is 14.9 Å². The number of anilines is 1. The normalized spacial score (nSPS) is 15.7. The molecule has 0 spiro atoms. The molecule has 1 saturated heterocycles. The molecular formula is C20H22Cl2N4O2. The average molecular weight is 421 g/mol. The van der Waals surface area contributed by atoms with Crippen molar-refractivity contribution in [3.8, 4) is 0 Å². The third-order valence-electron chi connectivity index (χ3n) is 4.62. The molecule has 3 rings (SSSR count). The summed E-state index contributed by atoms with van der Waals surface area (Å²) in [6.45, 7) is 2.87. The fourth-order valence-electron chi connectivity index (χ4n) is 3.18. The first-order valence-corrected chi connectivity index (χ1v) is 9.80. The number of hydrogen-bond donors (Lipinski definition) is 3. The van der Waals surface area contributed by atoms with E-state index in [0.29, 0.717) is 22.4 Å². The van der Waals surface area contributed by atoms with E-state index in [1.807, 2.05) is 18.2 Å². The largest absolute Gasteiger partial charge is 0.366 e. The second-order valence-electron chi connectivity index (χ2n) is 6.73. The van der Waals surface area contributed by atoms with Crippen LogP contribution in [0.2, 0.25) is 10.0 Å². The molecule has 1 aliphatic rings. The van der Waals surface area contributed by atoms with E-state index in [1.165, 1.54) is 23.2 Å². The van der Waals surface area contributed by atoms with Crippen LogP contribution in [0, 0.1) is 0 Å². The molecule has 1 amide bonds. The molecule has 0 atom stereocenters. The summed E-state index contributed by atoms with van der Waals surface area (Å²) in [6.07, 6.45) is 6.36. The number of amides is 1. The lowest BCUT2D eigenvalue weighted by molar-refractivity contribution is -0.124. The highest BCUT2D eigenvalue weighted by Crippen LogP contribution is 2.24. The van der Waals surface area contributed by atoms with Crippen molar-refractivity contribution < 1.29 is 10.0 Å². The minimum absolute atomic E-state index is 0.308. The maximum atomic E-state index is 11.0. The third kappa shape index (κ3) is 5.94. The van der Waals surface area contributed by atoms with E-state index in [4.69, 9.17) is 28.4 Å². The van der Waals surface area contributed by atoms with E-state index in [0.717, 1.165) is 37.5 Å². The molecule has 0 unspecified atom stereocenters. The molecule has 1 fully saturated rings. The Morgan fingerprint density at radius 2 is 2.07 bits per heavy atom. The molecule has 0 radical (unpaired) electrons. The molecule has 3 N–H and O–H groups in total. The molecule has 1 aromatic heterocycles. The summed E-state index contributed by atoms with van der Waals surface area (Å²) in [6, 6.07) is 10.0. The van der Waals surface area contributed by atoms with Crippen LogP contribution in [-0.2, 0) is 11.3 Å². The van der Waals surface area contributed by atoms with Gasteiger partial charge in [-0.25, -0.2) is 10.5 Å². The van der Waals surface area contributed by atoms with Crippen molar-refractivity contribution in [1.29, 1.82) is 0 Å². The number of carbonyl (C=O) groups excluding carboxylic acids is 1. The van der Waals surface area contributed by atoms with Gasteiger partial charge >= 0.3 is 0 Å². The number of benzene rings is 1. The van der Waals surface area contributed by atoms with Crippen LogP contribution in [0.1, 0.15) is 24.0 Å². The fourth-order valence-corrected chi connectivity index (χ4v) is 3.62. The van der Waals surface area contributed by atoms with Crippen LogP contribution in [0.3, 0.4) is 0 Å². The number of hydrogen-bond acceptors (Lipinski definition) is 5. The SMILES string of the molecule is O=C(C=Cc1cnc(NC2CCN(Cc3cccc(Cl)c3)CC2)c(Cl)c1)NO. The van der Waals surface area contributed by atoms with Crippen molar-refractivity contribution in [3.05, 3.63) is 63.8 Å². The Morgan fingerprint density at radius 1 is 1.29 bits per heavy atom. The van der Waals surface area contributed by atoms with E-state index in [-0.39, 0.29) is 0 Å². The lowest BCUT2D eigenvalue weighted by Crippen LogP contribution is -2.38. The number of likely N-dealkylation sites (tertiary alicyclic amines) is 1. The number of rotatable bonds is 6. The van der Waals surface area contributed by atoms with Gasteiger partial charge in [0, 0.05) is 43.0 Å². The number of halogens is 2. The number of nitrogens with zero attached hydrogens (tertiary/aromatic N) is 2. The maximum absolute atomic E-state index is 11.0. The molecule has 1 aromatic carbocycles. The Kier molecular flexibility index (Phi) is 7.28. The number of hydroxylamine groups is 1. The summed E-state index contributed by atoms with van der Waals surface area (Å²) in [4.78, 5) is 17.8. The van der Waals surface area contributed by atoms with Crippen LogP contribution in [-0.4, -0.2) is 40.1 Å². The highest BCUT2D eigenvalue weighted by Gasteiger charge is 2.20. The standard InChI is InChI=1S/C20H22Cl2N4O2/c21-16-3-1-2-15(10-16)13-26-8-6-17(7-9-26)24-20-18(22)11-14(12-23-20)4-5-19(27)25-28/h1-5,10-12,17,28H,6-9,13H2,(H,23,24)(H,25,27). The van der Waals surface area contributed by atoms with E-state index in [2.05, 4.69) is 21.3 Å². The minimum atomic E-state index is -0.608. The van der Waals surface area contributed by atoms with Crippen molar-refractivity contribution in [1.82, 2.24) is 15.4 Å². The van der Waals surface area contributed by atoms with E-state index in [1.54, 1.807) is 12.3 Å². The Hall–Kier alpha value is -2.12. The van der Waals surface area contributed by atoms with Crippen LogP contribution in [0.5, 0.6) is 0 Å². The van der Waals surface area contributed by atoms with Crippen molar-refractivity contribution in [3.63, 3.8) is 0 Å². The Bertz CT molecular complexity index is 852. The van der Waals surface area contributed by atoms with Gasteiger partial charge in [0.05, 0.1) is 5.02 Å². The zero-order chi connectivity index (χ0) is 19.9. The van der Waals surface area contributed by atoms with Crippen LogP contribution < -0.4 is 10.8 Å². The number of piperidine rings is 1. The molecule has 2 heterocycles. The first kappa shape index (κ1) is 20.6. The predicted molar refractivity (Wildman–Crippen MR) is 112 cm³/mol. The van der Waals surface area contributed by atoms with Crippen LogP contribution >= 0.6 is 23.2 Å². The molecule has 28 heavy (non-hydrogen) atoms. The topological polar surface area (TPSA) is 77.5 Å². The third-order valence-corrected chi connectivity index (χ3v) is 5.15. The molecule has 0 aliphatic carbocycles. The summed E-state index contributed by atoms with van der Waals surface area (Å²) < 4.78 is 0. The van der Waals surface area contributed by atoms with Gasteiger partial charge in [0.1, 0.15) is 5.82 Å². The predicted octanol–water partition coefficient (Wildman–Crippen LogP) is 3.98. The van der Waals surface area contributed by atoms with Gasteiger partial charge in [-0.2, -0.15) is 0 Å². The van der Waals surface area contributed by atoms with E-state index < -0.39 is 5.91 Å². The second-order valence-corrected chi connectivity index (χ2v) is 7.58. The van der Waals surface area contributed by atoms with Gasteiger partial charge in [-0.05, 0) is 48.2 Å². The zero-order valence-electron chi connectivity index (χ0n) is 15.2. The Morgan fingerprint density at radius 3 is 2.75 bits per heavy atom. The monoisotopic (exact) mass is 420 g/mol. The molecule has 0 saturated carbocycles. The summed E-state index contributed by atoms with van der Waals surface area (Å²) in [5.41, 5.74) is 3.44. The quantitative estimate of drug-likeness (QED) is 0.374. The highest BCUT2D eigenvalue weighted by atomic mass is 35.5. The van der Waals surface area contributed by atoms with Crippen molar-refractivity contribution >= 4 is 41.0 Å². The average Bonchev–Trinajstić information content (AvgIpc) is 2.69. The smallest absolute Gasteiger partial charge is 0.267 e. The molecule has 6 nitrogen and oxygen atoms in total. The lowest BCUT2D eigenvalue weighted by atomic mass is 10.0. The van der Waals surface area contributed by atoms with Gasteiger partial charge in [0.2, 0.25) is 0 Å². The fraction of sp³-hybridized carbons (Fsp3) is 0.300. The summed E-state index contributed by atoms with van der Waals surface area (Å²) in [5.74, 6) is 0.0292. The highest BCUT2D eigenvalue weighted by molar-refractivity contribution is 6.33. The first-order valence-electron chi connectivity index (χ1n) is 9.04. The Labute approximate surface area is 174 Å². The van der Waals surface area contributed by atoms with Gasteiger partial charge in [-0.15, -0.1) is 0 Å². The molecule has 8 heteroatoms. The van der Waals surface area contributed by atoms with Crippen LogP contribution in [0.4, 0.5) is 5.82 Å². The number of aromatic nitrogens is 1. The number of nitrogens with one attached hydrogen (secondary N) is 2. The summed E-state index contributed by atoms with van der Waals surface area (Å²) in [7, 11) is 0. The molecule has 0 bridgehead atoms. The lowest BCUT2D eigenvalue weighted by Gasteiger charge is -2.32. The van der Waals surface area contributed by atoms with E-state index >= 15 is 0 Å². The molecule has 2 aromatic rings. The Balaban J connectivity index is 1.51. The van der Waals surface area contributed by atoms with Gasteiger partial charge in [0.25, 0.3) is 5.91 Å². The van der Waals surface area contributed by atoms with E-state index in [9.17, 15) is 4.79 Å². The molecule has 1 aliphatic heterocycles. The minimum Gasteiger partial charge on any atom is -0.366 e. The molecule has 148 valence electrons. The van der Waals surface area contributed by atoms with Crippen LogP contribution in [0.25, 0.3) is 6.08 Å². The zero-order valence-corrected chi connectivity index (χ0v) is 16.7. The number of pyridine rings is 1. The summed E-state index contributed by atoms with van der Waals surface area (Å²) >= 11 is 12.4. The first-order chi connectivity index (χ1) is 13.5.